The monoisotopic (exact) mass is 268 g/mol. The molecule has 0 fully saturated rings. The van der Waals surface area contributed by atoms with Gasteiger partial charge in [0.1, 0.15) is 0 Å². The van der Waals surface area contributed by atoms with Crippen LogP contribution in [0.1, 0.15) is 22.3 Å². The highest BCUT2D eigenvalue weighted by Gasteiger charge is 2.02. The molecule has 0 radical (unpaired) electrons. The van der Waals surface area contributed by atoms with Crippen LogP contribution in [0.2, 0.25) is 0 Å². The van der Waals surface area contributed by atoms with Crippen molar-refractivity contribution in [3.05, 3.63) is 70.8 Å². The van der Waals surface area contributed by atoms with Crippen molar-refractivity contribution in [3.63, 3.8) is 0 Å². The van der Waals surface area contributed by atoms with Crippen LogP contribution in [-0.4, -0.2) is 19.0 Å². The molecule has 0 bridgehead atoms. The van der Waals surface area contributed by atoms with Crippen molar-refractivity contribution < 1.29 is 0 Å². The average Bonchev–Trinajstić information content (AvgIpc) is 2.41. The van der Waals surface area contributed by atoms with Gasteiger partial charge in [-0.3, -0.25) is 4.90 Å². The Morgan fingerprint density at radius 1 is 0.900 bits per heavy atom. The van der Waals surface area contributed by atoms with Gasteiger partial charge in [0.05, 0.1) is 0 Å². The number of nitrogens with one attached hydrogen (secondary N) is 1. The first-order chi connectivity index (χ1) is 9.67. The zero-order chi connectivity index (χ0) is 14.4. The lowest BCUT2D eigenvalue weighted by Gasteiger charge is -2.17. The Balaban J connectivity index is 1.92. The lowest BCUT2D eigenvalue weighted by Crippen LogP contribution is -2.17. The lowest BCUT2D eigenvalue weighted by atomic mass is 10.1. The molecule has 0 saturated carbocycles. The van der Waals surface area contributed by atoms with E-state index in [9.17, 15) is 0 Å². The minimum absolute atomic E-state index is 0.930. The van der Waals surface area contributed by atoms with Crippen molar-refractivity contribution in [2.24, 2.45) is 0 Å². The molecule has 2 aromatic rings. The fourth-order valence-corrected chi connectivity index (χ4v) is 2.46. The molecule has 0 aromatic heterocycles. The van der Waals surface area contributed by atoms with Crippen LogP contribution in [0.5, 0.6) is 0 Å². The number of nitrogens with zero attached hydrogens (tertiary/aromatic N) is 1. The largest absolute Gasteiger partial charge is 0.316 e. The van der Waals surface area contributed by atoms with Gasteiger partial charge in [0, 0.05) is 19.6 Å². The minimum atomic E-state index is 0.930. The van der Waals surface area contributed by atoms with Gasteiger partial charge in [-0.05, 0) is 37.7 Å². The fraction of sp³-hybridized carbons (Fsp3) is 0.333. The molecule has 0 atom stereocenters. The van der Waals surface area contributed by atoms with E-state index in [-0.39, 0.29) is 0 Å². The number of aryl methyl sites for hydroxylation is 1. The van der Waals surface area contributed by atoms with Gasteiger partial charge >= 0.3 is 0 Å². The third-order valence-electron chi connectivity index (χ3n) is 3.39. The molecule has 0 spiro atoms. The van der Waals surface area contributed by atoms with Gasteiger partial charge < -0.3 is 5.32 Å². The van der Waals surface area contributed by atoms with Crippen molar-refractivity contribution >= 4 is 0 Å². The summed E-state index contributed by atoms with van der Waals surface area (Å²) in [5.41, 5.74) is 5.39. The van der Waals surface area contributed by atoms with Gasteiger partial charge in [0.2, 0.25) is 0 Å². The molecule has 106 valence electrons. The van der Waals surface area contributed by atoms with Crippen molar-refractivity contribution in [1.29, 1.82) is 0 Å². The van der Waals surface area contributed by atoms with E-state index < -0.39 is 0 Å². The maximum absolute atomic E-state index is 3.17. The number of rotatable bonds is 6. The fourth-order valence-electron chi connectivity index (χ4n) is 2.46. The normalized spacial score (nSPS) is 11.0. The van der Waals surface area contributed by atoms with Gasteiger partial charge in [-0.15, -0.1) is 0 Å². The van der Waals surface area contributed by atoms with Crippen LogP contribution >= 0.6 is 0 Å². The van der Waals surface area contributed by atoms with Gasteiger partial charge in [-0.25, -0.2) is 0 Å². The van der Waals surface area contributed by atoms with Crippen LogP contribution in [-0.2, 0) is 19.6 Å². The van der Waals surface area contributed by atoms with E-state index in [0.29, 0.717) is 0 Å². The molecular formula is C18H24N2. The molecule has 0 heterocycles. The van der Waals surface area contributed by atoms with E-state index in [1.54, 1.807) is 0 Å². The standard InChI is InChI=1S/C18H24N2/c1-15-5-4-6-18(11-15)14-20(3)13-17-9-7-16(8-10-17)12-19-2/h4-11,19H,12-14H2,1-3H3. The molecule has 0 saturated heterocycles. The summed E-state index contributed by atoms with van der Waals surface area (Å²) in [6.07, 6.45) is 0. The quantitative estimate of drug-likeness (QED) is 0.864. The van der Waals surface area contributed by atoms with Crippen molar-refractivity contribution in [3.8, 4) is 0 Å². The summed E-state index contributed by atoms with van der Waals surface area (Å²) in [5.74, 6) is 0. The molecule has 2 nitrogen and oxygen atoms in total. The maximum atomic E-state index is 3.17. The van der Waals surface area contributed by atoms with Gasteiger partial charge in [-0.2, -0.15) is 0 Å². The molecule has 0 aliphatic rings. The Morgan fingerprint density at radius 2 is 1.55 bits per heavy atom. The van der Waals surface area contributed by atoms with E-state index in [1.165, 1.54) is 22.3 Å². The lowest BCUT2D eigenvalue weighted by molar-refractivity contribution is 0.319. The third kappa shape index (κ3) is 4.48. The van der Waals surface area contributed by atoms with E-state index in [2.05, 4.69) is 72.7 Å². The van der Waals surface area contributed by atoms with E-state index in [4.69, 9.17) is 0 Å². The summed E-state index contributed by atoms with van der Waals surface area (Å²) < 4.78 is 0. The zero-order valence-electron chi connectivity index (χ0n) is 12.7. The number of benzene rings is 2. The molecule has 20 heavy (non-hydrogen) atoms. The summed E-state index contributed by atoms with van der Waals surface area (Å²) in [4.78, 5) is 2.35. The second-order valence-corrected chi connectivity index (χ2v) is 5.51. The van der Waals surface area contributed by atoms with Crippen molar-refractivity contribution in [2.45, 2.75) is 26.6 Å². The van der Waals surface area contributed by atoms with Crippen LogP contribution in [0.4, 0.5) is 0 Å². The topological polar surface area (TPSA) is 15.3 Å². The Morgan fingerprint density at radius 3 is 2.20 bits per heavy atom. The smallest absolute Gasteiger partial charge is 0.0234 e. The molecule has 0 aliphatic heterocycles. The second-order valence-electron chi connectivity index (χ2n) is 5.51. The first-order valence-corrected chi connectivity index (χ1v) is 7.14. The molecule has 0 aliphatic carbocycles. The van der Waals surface area contributed by atoms with E-state index in [0.717, 1.165) is 19.6 Å². The third-order valence-corrected chi connectivity index (χ3v) is 3.39. The molecule has 2 heteroatoms. The Labute approximate surface area is 122 Å². The highest BCUT2D eigenvalue weighted by molar-refractivity contribution is 5.24. The minimum Gasteiger partial charge on any atom is -0.316 e. The highest BCUT2D eigenvalue weighted by Crippen LogP contribution is 2.11. The maximum Gasteiger partial charge on any atom is 0.0234 e. The number of hydrogen-bond donors (Lipinski definition) is 1. The van der Waals surface area contributed by atoms with Crippen molar-refractivity contribution in [1.82, 2.24) is 10.2 Å². The average molecular weight is 268 g/mol. The molecule has 0 unspecified atom stereocenters. The predicted molar refractivity (Wildman–Crippen MR) is 85.6 cm³/mol. The molecule has 2 aromatic carbocycles. The van der Waals surface area contributed by atoms with Gasteiger partial charge in [0.25, 0.3) is 0 Å². The van der Waals surface area contributed by atoms with E-state index in [1.807, 2.05) is 7.05 Å². The first kappa shape index (κ1) is 14.8. The van der Waals surface area contributed by atoms with Crippen molar-refractivity contribution in [2.75, 3.05) is 14.1 Å². The van der Waals surface area contributed by atoms with Crippen LogP contribution < -0.4 is 5.32 Å². The number of hydrogen-bond acceptors (Lipinski definition) is 2. The predicted octanol–water partition coefficient (Wildman–Crippen LogP) is 3.35. The van der Waals surface area contributed by atoms with E-state index >= 15 is 0 Å². The van der Waals surface area contributed by atoms with Crippen LogP contribution in [0.15, 0.2) is 48.5 Å². The molecule has 0 amide bonds. The van der Waals surface area contributed by atoms with Gasteiger partial charge in [0.15, 0.2) is 0 Å². The molecule has 1 N–H and O–H groups in total. The summed E-state index contributed by atoms with van der Waals surface area (Å²) >= 11 is 0. The first-order valence-electron chi connectivity index (χ1n) is 7.14. The summed E-state index contributed by atoms with van der Waals surface area (Å²) in [5, 5.41) is 3.17. The molecule has 2 rings (SSSR count). The summed E-state index contributed by atoms with van der Waals surface area (Å²) in [7, 11) is 4.15. The Bertz CT molecular complexity index is 531. The summed E-state index contributed by atoms with van der Waals surface area (Å²) in [6.45, 7) is 5.04. The van der Waals surface area contributed by atoms with Crippen LogP contribution in [0.25, 0.3) is 0 Å². The molecular weight excluding hydrogens is 244 g/mol. The van der Waals surface area contributed by atoms with Crippen LogP contribution in [0, 0.1) is 6.92 Å². The van der Waals surface area contributed by atoms with Gasteiger partial charge in [-0.1, -0.05) is 54.1 Å². The Kier molecular flexibility index (Phi) is 5.33. The highest BCUT2D eigenvalue weighted by atomic mass is 15.1. The SMILES string of the molecule is CNCc1ccc(CN(C)Cc2cccc(C)c2)cc1. The van der Waals surface area contributed by atoms with Crippen LogP contribution in [0.3, 0.4) is 0 Å². The zero-order valence-corrected chi connectivity index (χ0v) is 12.7. The summed E-state index contributed by atoms with van der Waals surface area (Å²) in [6, 6.07) is 17.6. The second kappa shape index (κ2) is 7.22. The Hall–Kier alpha value is -1.64.